The Balaban J connectivity index is 1.12. The van der Waals surface area contributed by atoms with Crippen molar-refractivity contribution in [3.63, 3.8) is 0 Å². The third-order valence-electron chi connectivity index (χ3n) is 6.20. The van der Waals surface area contributed by atoms with Crippen molar-refractivity contribution in [3.05, 3.63) is 100 Å². The van der Waals surface area contributed by atoms with Crippen molar-refractivity contribution in [3.8, 4) is 5.75 Å². The number of nitro benzene ring substituents is 1. The van der Waals surface area contributed by atoms with Gasteiger partial charge in [0.2, 0.25) is 5.91 Å². The molecule has 226 valence electrons. The van der Waals surface area contributed by atoms with Crippen molar-refractivity contribution < 1.29 is 18.8 Å². The molecule has 14 heteroatoms. The van der Waals surface area contributed by atoms with Gasteiger partial charge in [-0.3, -0.25) is 19.9 Å². The van der Waals surface area contributed by atoms with E-state index < -0.39 is 4.92 Å². The molecule has 6 rings (SSSR count). The topological polar surface area (TPSA) is 120 Å². The number of thiazole rings is 2. The van der Waals surface area contributed by atoms with E-state index in [9.17, 15) is 19.3 Å². The van der Waals surface area contributed by atoms with Gasteiger partial charge in [0.15, 0.2) is 8.68 Å². The Bertz CT molecular complexity index is 2060. The first-order valence-electron chi connectivity index (χ1n) is 13.5. The molecule has 0 aliphatic heterocycles. The maximum atomic E-state index is 13.1. The van der Waals surface area contributed by atoms with Crippen LogP contribution in [0.1, 0.15) is 12.5 Å². The quantitative estimate of drug-likeness (QED) is 0.0626. The second-order valence-corrected chi connectivity index (χ2v) is 13.9. The number of carbonyl (C=O) groups is 1. The number of thioether (sulfide) groups is 1. The van der Waals surface area contributed by atoms with E-state index in [1.165, 1.54) is 76.5 Å². The number of fused-ring (bicyclic) bond motifs is 2. The number of amides is 1. The van der Waals surface area contributed by atoms with E-state index in [2.05, 4.69) is 20.3 Å². The molecule has 0 spiro atoms. The molecule has 0 aliphatic rings. The minimum Gasteiger partial charge on any atom is -0.494 e. The Morgan fingerprint density at radius 2 is 1.73 bits per heavy atom. The minimum atomic E-state index is -0.400. The predicted molar refractivity (Wildman–Crippen MR) is 181 cm³/mol. The second-order valence-electron chi connectivity index (χ2n) is 9.36. The molecule has 0 fully saturated rings. The molecular formula is C31H22FN5O4S4. The maximum absolute atomic E-state index is 13.1. The van der Waals surface area contributed by atoms with Crippen molar-refractivity contribution in [2.75, 3.05) is 17.7 Å². The standard InChI is InChI=1S/C31H22FN5O4S4/c1-2-41-22-9-11-24-28(15-22)45-31(36-24)43-26-12-3-18(13-25(26)37(39)40)16-33-21-8-10-23-27(14-21)44-30(35-23)42-17-29(38)34-20-6-4-19(32)5-7-20/h3-16H,2,17H2,1H3,(H,34,38). The predicted octanol–water partition coefficient (Wildman–Crippen LogP) is 8.98. The van der Waals surface area contributed by atoms with E-state index in [0.717, 1.165) is 30.5 Å². The first-order valence-corrected chi connectivity index (χ1v) is 16.9. The van der Waals surface area contributed by atoms with Crippen LogP contribution < -0.4 is 10.1 Å². The van der Waals surface area contributed by atoms with Gasteiger partial charge in [-0.25, -0.2) is 14.4 Å². The van der Waals surface area contributed by atoms with Crippen LogP contribution in [0.5, 0.6) is 5.75 Å². The summed E-state index contributed by atoms with van der Waals surface area (Å²) in [5.74, 6) is 0.333. The van der Waals surface area contributed by atoms with Crippen molar-refractivity contribution >= 4 is 95.8 Å². The largest absolute Gasteiger partial charge is 0.494 e. The average molecular weight is 676 g/mol. The zero-order chi connectivity index (χ0) is 31.3. The zero-order valence-corrected chi connectivity index (χ0v) is 26.7. The van der Waals surface area contributed by atoms with Gasteiger partial charge >= 0.3 is 0 Å². The Morgan fingerprint density at radius 1 is 1.00 bits per heavy atom. The fourth-order valence-corrected chi connectivity index (χ4v) is 8.20. The minimum absolute atomic E-state index is 0.0266. The van der Waals surface area contributed by atoms with Crippen LogP contribution in [0.15, 0.2) is 97.4 Å². The lowest BCUT2D eigenvalue weighted by Crippen LogP contribution is -2.13. The van der Waals surface area contributed by atoms with Gasteiger partial charge in [-0.05, 0) is 79.2 Å². The van der Waals surface area contributed by atoms with E-state index in [0.29, 0.717) is 32.8 Å². The van der Waals surface area contributed by atoms with Crippen LogP contribution in [0.4, 0.5) is 21.5 Å². The van der Waals surface area contributed by atoms with Crippen LogP contribution in [0, 0.1) is 15.9 Å². The highest BCUT2D eigenvalue weighted by molar-refractivity contribution is 8.01. The van der Waals surface area contributed by atoms with E-state index in [-0.39, 0.29) is 23.2 Å². The molecule has 0 bridgehead atoms. The summed E-state index contributed by atoms with van der Waals surface area (Å²) in [7, 11) is 0. The molecule has 2 aromatic heterocycles. The Labute approximate surface area is 272 Å². The van der Waals surface area contributed by atoms with Crippen LogP contribution in [0.3, 0.4) is 0 Å². The van der Waals surface area contributed by atoms with E-state index in [4.69, 9.17) is 4.74 Å². The number of benzene rings is 4. The summed E-state index contributed by atoms with van der Waals surface area (Å²) in [5, 5.41) is 14.7. The number of halogens is 1. The van der Waals surface area contributed by atoms with E-state index in [1.807, 2.05) is 43.3 Å². The molecule has 4 aromatic carbocycles. The molecule has 45 heavy (non-hydrogen) atoms. The highest BCUT2D eigenvalue weighted by Gasteiger charge is 2.18. The van der Waals surface area contributed by atoms with Crippen LogP contribution >= 0.6 is 46.2 Å². The number of ether oxygens (including phenoxy) is 1. The summed E-state index contributed by atoms with van der Waals surface area (Å²) in [5.41, 5.74) is 3.34. The Kier molecular flexibility index (Phi) is 9.35. The SMILES string of the molecule is CCOc1ccc2nc(Sc3ccc(C=Nc4ccc5nc(SCC(=O)Nc6ccc(F)cc6)sc5c4)cc3[N+](=O)[O-])sc2c1. The molecule has 0 unspecified atom stereocenters. The van der Waals surface area contributed by atoms with Crippen LogP contribution in [-0.4, -0.2) is 39.4 Å². The second kappa shape index (κ2) is 13.7. The van der Waals surface area contributed by atoms with Crippen molar-refractivity contribution in [2.24, 2.45) is 4.99 Å². The molecule has 0 saturated heterocycles. The van der Waals surface area contributed by atoms with Crippen molar-refractivity contribution in [1.82, 2.24) is 9.97 Å². The van der Waals surface area contributed by atoms with Gasteiger partial charge in [-0.1, -0.05) is 29.6 Å². The molecule has 2 heterocycles. The number of rotatable bonds is 11. The highest BCUT2D eigenvalue weighted by Crippen LogP contribution is 2.40. The summed E-state index contributed by atoms with van der Waals surface area (Å²) in [4.78, 5) is 38.0. The average Bonchev–Trinajstić information content (AvgIpc) is 3.63. The monoisotopic (exact) mass is 675 g/mol. The number of hydrogen-bond acceptors (Lipinski definition) is 11. The number of nitro groups is 1. The van der Waals surface area contributed by atoms with Crippen LogP contribution in [0.25, 0.3) is 20.4 Å². The molecule has 0 aliphatic carbocycles. The fourth-order valence-electron chi connectivity index (χ4n) is 4.16. The molecule has 9 nitrogen and oxygen atoms in total. The lowest BCUT2D eigenvalue weighted by Gasteiger charge is -2.03. The van der Waals surface area contributed by atoms with Crippen LogP contribution in [0.2, 0.25) is 0 Å². The number of aliphatic imine (C=N–C) groups is 1. The third-order valence-corrected chi connectivity index (χ3v) is 10.5. The van der Waals surface area contributed by atoms with Gasteiger partial charge in [0.25, 0.3) is 5.69 Å². The molecule has 1 N–H and O–H groups in total. The highest BCUT2D eigenvalue weighted by atomic mass is 32.2. The summed E-state index contributed by atoms with van der Waals surface area (Å²) >= 11 is 5.46. The van der Waals surface area contributed by atoms with E-state index in [1.54, 1.807) is 18.3 Å². The molecule has 6 aromatic rings. The number of nitrogens with zero attached hydrogens (tertiary/aromatic N) is 4. The number of aromatic nitrogens is 2. The van der Waals surface area contributed by atoms with E-state index >= 15 is 0 Å². The molecule has 0 saturated carbocycles. The summed E-state index contributed by atoms with van der Waals surface area (Å²) < 4.78 is 21.9. The zero-order valence-electron chi connectivity index (χ0n) is 23.4. The van der Waals surface area contributed by atoms with Gasteiger partial charge in [0.1, 0.15) is 11.6 Å². The lowest BCUT2D eigenvalue weighted by atomic mass is 10.2. The summed E-state index contributed by atoms with van der Waals surface area (Å²) in [6.45, 7) is 2.49. The number of carbonyl (C=O) groups excluding carboxylic acids is 1. The Morgan fingerprint density at radius 3 is 2.51 bits per heavy atom. The van der Waals surface area contributed by atoms with Crippen molar-refractivity contribution in [2.45, 2.75) is 20.5 Å². The van der Waals surface area contributed by atoms with Crippen molar-refractivity contribution in [1.29, 1.82) is 0 Å². The first-order chi connectivity index (χ1) is 21.8. The third kappa shape index (κ3) is 7.65. The van der Waals surface area contributed by atoms with Crippen LogP contribution in [-0.2, 0) is 4.79 Å². The normalized spacial score (nSPS) is 11.4. The molecular weight excluding hydrogens is 654 g/mol. The van der Waals surface area contributed by atoms with Gasteiger partial charge in [0.05, 0.1) is 48.3 Å². The smallest absolute Gasteiger partial charge is 0.283 e. The summed E-state index contributed by atoms with van der Waals surface area (Å²) in [6, 6.07) is 21.8. The molecule has 1 amide bonds. The number of nitrogens with one attached hydrogen (secondary N) is 1. The number of hydrogen-bond donors (Lipinski definition) is 1. The van der Waals surface area contributed by atoms with Gasteiger partial charge in [-0.2, -0.15) is 0 Å². The number of anilines is 1. The van der Waals surface area contributed by atoms with Gasteiger partial charge in [-0.15, -0.1) is 22.7 Å². The Hall–Kier alpha value is -4.37. The maximum Gasteiger partial charge on any atom is 0.283 e. The first kappa shape index (κ1) is 30.6. The lowest BCUT2D eigenvalue weighted by molar-refractivity contribution is -0.387. The summed E-state index contributed by atoms with van der Waals surface area (Å²) in [6.07, 6.45) is 1.59. The molecule has 0 radical (unpaired) electrons. The van der Waals surface area contributed by atoms with Gasteiger partial charge < -0.3 is 10.1 Å². The van der Waals surface area contributed by atoms with Gasteiger partial charge in [0, 0.05) is 18.0 Å². The molecule has 0 atom stereocenters. The fraction of sp³-hybridized carbons (Fsp3) is 0.0968.